The summed E-state index contributed by atoms with van der Waals surface area (Å²) in [6.07, 6.45) is 3.26. The first-order valence-electron chi connectivity index (χ1n) is 4.13. The van der Waals surface area contributed by atoms with Crippen molar-refractivity contribution in [2.75, 3.05) is 0 Å². The Hall–Kier alpha value is -1.58. The Morgan fingerprint density at radius 2 is 2.23 bits per heavy atom. The highest BCUT2D eigenvalue weighted by atomic mass is 16.3. The number of carbonyl (C=O) groups is 2. The molecule has 0 aliphatic heterocycles. The lowest BCUT2D eigenvalue weighted by atomic mass is 9.94. The summed E-state index contributed by atoms with van der Waals surface area (Å²) in [7, 11) is 0. The second-order valence-corrected chi connectivity index (χ2v) is 3.09. The Labute approximate surface area is 74.7 Å². The maximum absolute atomic E-state index is 11.4. The number of aryl methyl sites for hydroxylation is 1. The molecule has 0 spiro atoms. The van der Waals surface area contributed by atoms with E-state index in [1.807, 2.05) is 0 Å². The Balaban J connectivity index is 2.56. The van der Waals surface area contributed by atoms with Crippen LogP contribution in [0.4, 0.5) is 0 Å². The SMILES string of the molecule is NC(=O)c1coc2c1C(=O)CCC2. The molecule has 4 nitrogen and oxygen atoms in total. The maximum atomic E-state index is 11.4. The summed E-state index contributed by atoms with van der Waals surface area (Å²) in [4.78, 5) is 22.3. The lowest BCUT2D eigenvalue weighted by Crippen LogP contribution is -2.17. The lowest BCUT2D eigenvalue weighted by molar-refractivity contribution is 0.0949. The third-order valence-corrected chi connectivity index (χ3v) is 2.22. The summed E-state index contributed by atoms with van der Waals surface area (Å²) in [6.45, 7) is 0. The van der Waals surface area contributed by atoms with Crippen molar-refractivity contribution in [1.82, 2.24) is 0 Å². The van der Waals surface area contributed by atoms with Crippen molar-refractivity contribution < 1.29 is 14.0 Å². The van der Waals surface area contributed by atoms with Crippen LogP contribution in [-0.2, 0) is 6.42 Å². The number of hydrogen-bond donors (Lipinski definition) is 1. The molecule has 0 atom stereocenters. The van der Waals surface area contributed by atoms with E-state index in [9.17, 15) is 9.59 Å². The van der Waals surface area contributed by atoms with Crippen LogP contribution in [0.15, 0.2) is 10.7 Å². The number of nitrogens with two attached hydrogens (primary N) is 1. The van der Waals surface area contributed by atoms with E-state index < -0.39 is 5.91 Å². The van der Waals surface area contributed by atoms with Gasteiger partial charge in [-0.1, -0.05) is 0 Å². The minimum absolute atomic E-state index is 0.0381. The van der Waals surface area contributed by atoms with Gasteiger partial charge in [-0.2, -0.15) is 0 Å². The Kier molecular flexibility index (Phi) is 1.69. The first-order chi connectivity index (χ1) is 6.20. The number of hydrogen-bond acceptors (Lipinski definition) is 3. The van der Waals surface area contributed by atoms with Gasteiger partial charge < -0.3 is 10.2 Å². The fourth-order valence-electron chi connectivity index (χ4n) is 1.60. The summed E-state index contributed by atoms with van der Waals surface area (Å²) in [6, 6.07) is 0. The van der Waals surface area contributed by atoms with Gasteiger partial charge in [0.25, 0.3) is 5.91 Å². The first kappa shape index (κ1) is 8.04. The van der Waals surface area contributed by atoms with Gasteiger partial charge in [-0.25, -0.2) is 0 Å². The quantitative estimate of drug-likeness (QED) is 0.695. The average Bonchev–Trinajstić information content (AvgIpc) is 2.49. The fourth-order valence-corrected chi connectivity index (χ4v) is 1.60. The summed E-state index contributed by atoms with van der Waals surface area (Å²) >= 11 is 0. The summed E-state index contributed by atoms with van der Waals surface area (Å²) in [5, 5.41) is 0. The largest absolute Gasteiger partial charge is 0.468 e. The minimum atomic E-state index is -0.597. The average molecular weight is 179 g/mol. The van der Waals surface area contributed by atoms with Gasteiger partial charge in [-0.3, -0.25) is 9.59 Å². The molecule has 1 aromatic rings. The summed E-state index contributed by atoms with van der Waals surface area (Å²) < 4.78 is 5.10. The number of furan rings is 1. The van der Waals surface area contributed by atoms with Crippen molar-refractivity contribution in [3.8, 4) is 0 Å². The van der Waals surface area contributed by atoms with E-state index in [1.165, 1.54) is 6.26 Å². The molecule has 13 heavy (non-hydrogen) atoms. The molecular weight excluding hydrogens is 170 g/mol. The standard InChI is InChI=1S/C9H9NO3/c10-9(12)5-4-13-7-3-1-2-6(11)8(5)7/h4H,1-3H2,(H2,10,12). The molecule has 1 heterocycles. The second kappa shape index (κ2) is 2.73. The molecule has 2 N–H and O–H groups in total. The van der Waals surface area contributed by atoms with Crippen LogP contribution in [0.5, 0.6) is 0 Å². The van der Waals surface area contributed by atoms with Crippen molar-refractivity contribution >= 4 is 11.7 Å². The van der Waals surface area contributed by atoms with Gasteiger partial charge >= 0.3 is 0 Å². The number of carbonyl (C=O) groups excluding carboxylic acids is 2. The Bertz CT molecular complexity index is 378. The van der Waals surface area contributed by atoms with Crippen molar-refractivity contribution in [3.05, 3.63) is 23.2 Å². The maximum Gasteiger partial charge on any atom is 0.252 e. The topological polar surface area (TPSA) is 73.3 Å². The van der Waals surface area contributed by atoms with Gasteiger partial charge in [-0.15, -0.1) is 0 Å². The highest BCUT2D eigenvalue weighted by molar-refractivity contribution is 6.08. The van der Waals surface area contributed by atoms with Crippen LogP contribution in [-0.4, -0.2) is 11.7 Å². The highest BCUT2D eigenvalue weighted by Gasteiger charge is 2.26. The molecule has 1 aromatic heterocycles. The van der Waals surface area contributed by atoms with Crippen LogP contribution in [0.2, 0.25) is 0 Å². The predicted molar refractivity (Wildman–Crippen MR) is 44.5 cm³/mol. The summed E-state index contributed by atoms with van der Waals surface area (Å²) in [5.41, 5.74) is 5.72. The van der Waals surface area contributed by atoms with E-state index in [-0.39, 0.29) is 11.3 Å². The fraction of sp³-hybridized carbons (Fsp3) is 0.333. The third kappa shape index (κ3) is 1.14. The van der Waals surface area contributed by atoms with E-state index in [0.717, 1.165) is 6.42 Å². The number of fused-ring (bicyclic) bond motifs is 1. The van der Waals surface area contributed by atoms with Crippen molar-refractivity contribution in [2.45, 2.75) is 19.3 Å². The van der Waals surface area contributed by atoms with E-state index in [4.69, 9.17) is 10.2 Å². The molecule has 1 aliphatic rings. The molecule has 1 aliphatic carbocycles. The van der Waals surface area contributed by atoms with Crippen LogP contribution in [0.3, 0.4) is 0 Å². The molecule has 4 heteroatoms. The molecular formula is C9H9NO3. The molecule has 0 unspecified atom stereocenters. The van der Waals surface area contributed by atoms with Crippen molar-refractivity contribution in [3.63, 3.8) is 0 Å². The van der Waals surface area contributed by atoms with Crippen LogP contribution in [0.1, 0.15) is 39.3 Å². The number of amides is 1. The number of ketones is 1. The molecule has 0 saturated carbocycles. The van der Waals surface area contributed by atoms with Crippen LogP contribution < -0.4 is 5.73 Å². The Morgan fingerprint density at radius 1 is 1.46 bits per heavy atom. The molecule has 0 bridgehead atoms. The van der Waals surface area contributed by atoms with Crippen molar-refractivity contribution in [1.29, 1.82) is 0 Å². The molecule has 0 fully saturated rings. The summed E-state index contributed by atoms with van der Waals surface area (Å²) in [5.74, 6) is -0.0332. The van der Waals surface area contributed by atoms with Gasteiger partial charge in [0.1, 0.15) is 12.0 Å². The number of rotatable bonds is 1. The zero-order valence-corrected chi connectivity index (χ0v) is 7.00. The Morgan fingerprint density at radius 3 is 2.92 bits per heavy atom. The number of Topliss-reactive ketones (excluding diaryl/α,β-unsaturated/α-hetero) is 1. The van der Waals surface area contributed by atoms with E-state index in [0.29, 0.717) is 24.2 Å². The zero-order chi connectivity index (χ0) is 9.42. The third-order valence-electron chi connectivity index (χ3n) is 2.22. The van der Waals surface area contributed by atoms with Gasteiger partial charge in [0.2, 0.25) is 0 Å². The van der Waals surface area contributed by atoms with Crippen molar-refractivity contribution in [2.24, 2.45) is 5.73 Å². The van der Waals surface area contributed by atoms with E-state index in [2.05, 4.69) is 0 Å². The molecule has 1 amide bonds. The van der Waals surface area contributed by atoms with Gasteiger partial charge in [0, 0.05) is 12.8 Å². The minimum Gasteiger partial charge on any atom is -0.468 e. The second-order valence-electron chi connectivity index (χ2n) is 3.09. The van der Waals surface area contributed by atoms with Gasteiger partial charge in [0.15, 0.2) is 5.78 Å². The number of primary amides is 1. The van der Waals surface area contributed by atoms with E-state index in [1.54, 1.807) is 0 Å². The van der Waals surface area contributed by atoms with Gasteiger partial charge in [-0.05, 0) is 6.42 Å². The molecule has 2 rings (SSSR count). The van der Waals surface area contributed by atoms with Crippen LogP contribution in [0.25, 0.3) is 0 Å². The van der Waals surface area contributed by atoms with Crippen LogP contribution >= 0.6 is 0 Å². The monoisotopic (exact) mass is 179 g/mol. The lowest BCUT2D eigenvalue weighted by Gasteiger charge is -2.08. The van der Waals surface area contributed by atoms with Crippen LogP contribution in [0, 0.1) is 0 Å². The molecule has 0 radical (unpaired) electrons. The molecule has 68 valence electrons. The smallest absolute Gasteiger partial charge is 0.252 e. The highest BCUT2D eigenvalue weighted by Crippen LogP contribution is 2.25. The molecule has 0 saturated heterocycles. The predicted octanol–water partition coefficient (Wildman–Crippen LogP) is 0.898. The van der Waals surface area contributed by atoms with Gasteiger partial charge in [0.05, 0.1) is 11.1 Å². The van der Waals surface area contributed by atoms with E-state index >= 15 is 0 Å². The molecule has 0 aromatic carbocycles. The first-order valence-corrected chi connectivity index (χ1v) is 4.13. The normalized spacial score (nSPS) is 15.5. The zero-order valence-electron chi connectivity index (χ0n) is 7.00.